The molecule has 0 saturated heterocycles. The van der Waals surface area contributed by atoms with Crippen LogP contribution in [0.5, 0.6) is 5.75 Å². The van der Waals surface area contributed by atoms with Crippen LogP contribution in [0, 0.1) is 6.92 Å². The van der Waals surface area contributed by atoms with Gasteiger partial charge in [-0.05, 0) is 36.1 Å². The Labute approximate surface area is 112 Å². The number of carboxylic acid groups (broad SMARTS) is 1. The predicted molar refractivity (Wildman–Crippen MR) is 74.6 cm³/mol. The molecule has 98 valence electrons. The minimum absolute atomic E-state index is 0.376. The monoisotopic (exact) mass is 256 g/mol. The van der Waals surface area contributed by atoms with E-state index < -0.39 is 6.16 Å². The van der Waals surface area contributed by atoms with Gasteiger partial charge in [-0.1, -0.05) is 43.3 Å². The van der Waals surface area contributed by atoms with Crippen molar-refractivity contribution in [3.05, 3.63) is 53.6 Å². The molecule has 0 unspecified atom stereocenters. The maximum atomic E-state index is 10.8. The van der Waals surface area contributed by atoms with E-state index in [1.807, 2.05) is 25.1 Å². The highest BCUT2D eigenvalue weighted by Gasteiger charge is 2.12. The fraction of sp³-hybridized carbons (Fsp3) is 0.188. The van der Waals surface area contributed by atoms with E-state index in [0.717, 1.165) is 23.1 Å². The Morgan fingerprint density at radius 2 is 1.95 bits per heavy atom. The van der Waals surface area contributed by atoms with E-state index in [2.05, 4.69) is 19.1 Å². The highest BCUT2D eigenvalue weighted by molar-refractivity contribution is 5.77. The zero-order valence-electron chi connectivity index (χ0n) is 11.0. The first-order chi connectivity index (χ1) is 9.11. The predicted octanol–water partition coefficient (Wildman–Crippen LogP) is 4.28. The van der Waals surface area contributed by atoms with E-state index in [9.17, 15) is 4.79 Å². The van der Waals surface area contributed by atoms with Crippen molar-refractivity contribution in [2.75, 3.05) is 0 Å². The summed E-state index contributed by atoms with van der Waals surface area (Å²) >= 11 is 0. The van der Waals surface area contributed by atoms with Crippen molar-refractivity contribution in [2.45, 2.75) is 20.3 Å². The average molecular weight is 256 g/mol. The van der Waals surface area contributed by atoms with Gasteiger partial charge >= 0.3 is 6.16 Å². The van der Waals surface area contributed by atoms with Crippen molar-refractivity contribution in [2.24, 2.45) is 0 Å². The standard InChI is InChI=1S/C16H16O3/c1-3-12-7-5-8-13(10-12)15-11(2)6-4-9-14(15)19-16(17)18/h4-10H,3H2,1-2H3,(H,17,18). The highest BCUT2D eigenvalue weighted by Crippen LogP contribution is 2.33. The zero-order valence-corrected chi connectivity index (χ0v) is 11.0. The number of benzene rings is 2. The van der Waals surface area contributed by atoms with Crippen LogP contribution in [0.25, 0.3) is 11.1 Å². The third-order valence-corrected chi connectivity index (χ3v) is 3.06. The van der Waals surface area contributed by atoms with Gasteiger partial charge in [-0.2, -0.15) is 0 Å². The van der Waals surface area contributed by atoms with Crippen LogP contribution in [-0.4, -0.2) is 11.3 Å². The molecule has 3 nitrogen and oxygen atoms in total. The second-order valence-corrected chi connectivity index (χ2v) is 4.37. The molecular weight excluding hydrogens is 240 g/mol. The lowest BCUT2D eigenvalue weighted by atomic mass is 9.97. The lowest BCUT2D eigenvalue weighted by Gasteiger charge is -2.12. The minimum Gasteiger partial charge on any atom is -0.449 e. The van der Waals surface area contributed by atoms with Gasteiger partial charge < -0.3 is 9.84 Å². The maximum Gasteiger partial charge on any atom is 0.511 e. The number of rotatable bonds is 3. The van der Waals surface area contributed by atoms with Gasteiger partial charge in [0.25, 0.3) is 0 Å². The summed E-state index contributed by atoms with van der Waals surface area (Å²) in [6.07, 6.45) is -0.354. The summed E-state index contributed by atoms with van der Waals surface area (Å²) < 4.78 is 4.87. The minimum atomic E-state index is -1.29. The van der Waals surface area contributed by atoms with Gasteiger partial charge in [-0.25, -0.2) is 4.79 Å². The summed E-state index contributed by atoms with van der Waals surface area (Å²) in [5.74, 6) is 0.376. The molecule has 0 aliphatic rings. The van der Waals surface area contributed by atoms with Gasteiger partial charge in [0, 0.05) is 5.56 Å². The van der Waals surface area contributed by atoms with Crippen LogP contribution in [-0.2, 0) is 6.42 Å². The molecule has 0 aliphatic carbocycles. The van der Waals surface area contributed by atoms with Crippen molar-refractivity contribution in [1.29, 1.82) is 0 Å². The summed E-state index contributed by atoms with van der Waals surface area (Å²) in [5.41, 5.74) is 4.02. The van der Waals surface area contributed by atoms with Crippen LogP contribution in [0.2, 0.25) is 0 Å². The molecule has 0 spiro atoms. The number of aryl methyl sites for hydroxylation is 2. The van der Waals surface area contributed by atoms with E-state index in [4.69, 9.17) is 9.84 Å². The van der Waals surface area contributed by atoms with Crippen molar-refractivity contribution in [1.82, 2.24) is 0 Å². The van der Waals surface area contributed by atoms with Gasteiger partial charge in [-0.3, -0.25) is 0 Å². The molecule has 0 bridgehead atoms. The normalized spacial score (nSPS) is 10.2. The highest BCUT2D eigenvalue weighted by atomic mass is 16.7. The first-order valence-electron chi connectivity index (χ1n) is 6.21. The van der Waals surface area contributed by atoms with Gasteiger partial charge in [0.15, 0.2) is 0 Å². The largest absolute Gasteiger partial charge is 0.511 e. The molecule has 2 rings (SSSR count). The molecule has 0 atom stereocenters. The van der Waals surface area contributed by atoms with Crippen LogP contribution >= 0.6 is 0 Å². The Morgan fingerprint density at radius 1 is 1.21 bits per heavy atom. The topological polar surface area (TPSA) is 46.5 Å². The summed E-state index contributed by atoms with van der Waals surface area (Å²) in [6, 6.07) is 13.5. The lowest BCUT2D eigenvalue weighted by molar-refractivity contribution is 0.144. The first kappa shape index (κ1) is 13.1. The fourth-order valence-corrected chi connectivity index (χ4v) is 2.14. The van der Waals surface area contributed by atoms with Crippen molar-refractivity contribution >= 4 is 6.16 Å². The van der Waals surface area contributed by atoms with Crippen molar-refractivity contribution in [3.8, 4) is 16.9 Å². The van der Waals surface area contributed by atoms with E-state index in [1.54, 1.807) is 12.1 Å². The SMILES string of the molecule is CCc1cccc(-c2c(C)cccc2OC(=O)O)c1. The van der Waals surface area contributed by atoms with Gasteiger partial charge in [-0.15, -0.1) is 0 Å². The van der Waals surface area contributed by atoms with Crippen LogP contribution in [0.1, 0.15) is 18.1 Å². The molecule has 2 aromatic carbocycles. The smallest absolute Gasteiger partial charge is 0.449 e. The lowest BCUT2D eigenvalue weighted by Crippen LogP contribution is -2.04. The molecule has 0 radical (unpaired) electrons. The third kappa shape index (κ3) is 2.94. The molecule has 0 aromatic heterocycles. The Hall–Kier alpha value is -2.29. The second-order valence-electron chi connectivity index (χ2n) is 4.37. The van der Waals surface area contributed by atoms with Crippen LogP contribution in [0.15, 0.2) is 42.5 Å². The number of ether oxygens (including phenoxy) is 1. The van der Waals surface area contributed by atoms with Crippen LogP contribution < -0.4 is 4.74 Å². The van der Waals surface area contributed by atoms with Gasteiger partial charge in [0.2, 0.25) is 0 Å². The molecule has 3 heteroatoms. The number of carbonyl (C=O) groups is 1. The first-order valence-corrected chi connectivity index (χ1v) is 6.21. The van der Waals surface area contributed by atoms with Crippen LogP contribution in [0.3, 0.4) is 0 Å². The number of hydrogen-bond donors (Lipinski definition) is 1. The van der Waals surface area contributed by atoms with Crippen LogP contribution in [0.4, 0.5) is 4.79 Å². The molecule has 2 aromatic rings. The molecular formula is C16H16O3. The van der Waals surface area contributed by atoms with Crippen molar-refractivity contribution < 1.29 is 14.6 Å². The van der Waals surface area contributed by atoms with E-state index in [1.165, 1.54) is 5.56 Å². The number of hydrogen-bond acceptors (Lipinski definition) is 2. The molecule has 0 aliphatic heterocycles. The molecule has 0 saturated carbocycles. The van der Waals surface area contributed by atoms with Gasteiger partial charge in [0.1, 0.15) is 5.75 Å². The average Bonchev–Trinajstić information content (AvgIpc) is 2.38. The third-order valence-electron chi connectivity index (χ3n) is 3.06. The molecule has 0 fully saturated rings. The van der Waals surface area contributed by atoms with Crippen molar-refractivity contribution in [3.63, 3.8) is 0 Å². The van der Waals surface area contributed by atoms with E-state index in [0.29, 0.717) is 5.75 Å². The van der Waals surface area contributed by atoms with E-state index in [-0.39, 0.29) is 0 Å². The Morgan fingerprint density at radius 3 is 2.63 bits per heavy atom. The molecule has 1 N–H and O–H groups in total. The Balaban J connectivity index is 2.56. The Kier molecular flexibility index (Phi) is 3.85. The summed E-state index contributed by atoms with van der Waals surface area (Å²) in [5, 5.41) is 8.81. The summed E-state index contributed by atoms with van der Waals surface area (Å²) in [4.78, 5) is 10.8. The van der Waals surface area contributed by atoms with E-state index >= 15 is 0 Å². The summed E-state index contributed by atoms with van der Waals surface area (Å²) in [7, 11) is 0. The molecule has 19 heavy (non-hydrogen) atoms. The molecule has 0 amide bonds. The Bertz CT molecular complexity index is 603. The quantitative estimate of drug-likeness (QED) is 0.658. The van der Waals surface area contributed by atoms with Gasteiger partial charge in [0.05, 0.1) is 0 Å². The summed E-state index contributed by atoms with van der Waals surface area (Å²) in [6.45, 7) is 4.04. The molecule has 0 heterocycles. The fourth-order valence-electron chi connectivity index (χ4n) is 2.14. The zero-order chi connectivity index (χ0) is 13.8. The maximum absolute atomic E-state index is 10.8. The second kappa shape index (κ2) is 5.57.